The van der Waals surface area contributed by atoms with E-state index in [1.165, 1.54) is 0 Å². The third kappa shape index (κ3) is 4.98. The van der Waals surface area contributed by atoms with Gasteiger partial charge in [0.25, 0.3) is 5.91 Å². The molecule has 0 aromatic heterocycles. The number of rotatable bonds is 7. The van der Waals surface area contributed by atoms with Gasteiger partial charge < -0.3 is 5.32 Å². The second kappa shape index (κ2) is 8.32. The second-order valence-electron chi connectivity index (χ2n) is 5.37. The zero-order valence-corrected chi connectivity index (χ0v) is 13.0. The van der Waals surface area contributed by atoms with E-state index >= 15 is 0 Å². The molecule has 2 aromatic rings. The first kappa shape index (κ1) is 16.2. The molecule has 0 saturated carbocycles. The lowest BCUT2D eigenvalue weighted by atomic mass is 10.1. The van der Waals surface area contributed by atoms with Gasteiger partial charge in [0.05, 0.1) is 6.54 Å². The highest BCUT2D eigenvalue weighted by atomic mass is 16.7. The summed E-state index contributed by atoms with van der Waals surface area (Å²) in [4.78, 5) is 17.8. The number of hydroxylamine groups is 1. The number of hydrogen-bond acceptors (Lipinski definition) is 3. The predicted octanol–water partition coefficient (Wildman–Crippen LogP) is 3.09. The maximum absolute atomic E-state index is 12.1. The molecule has 1 unspecified atom stereocenters. The van der Waals surface area contributed by atoms with E-state index in [1.54, 1.807) is 12.1 Å². The summed E-state index contributed by atoms with van der Waals surface area (Å²) in [5.74, 6) is -0.102. The fourth-order valence-electron chi connectivity index (χ4n) is 1.99. The molecule has 1 amide bonds. The molecular formula is C18H22N2O2. The van der Waals surface area contributed by atoms with E-state index in [0.29, 0.717) is 12.1 Å². The van der Waals surface area contributed by atoms with E-state index in [2.05, 4.69) is 10.8 Å². The Balaban J connectivity index is 1.99. The van der Waals surface area contributed by atoms with Crippen LogP contribution in [-0.2, 0) is 4.84 Å². The minimum Gasteiger partial charge on any atom is -0.349 e. The molecule has 0 aliphatic heterocycles. The molecule has 0 aliphatic carbocycles. The molecule has 0 bridgehead atoms. The molecule has 0 fully saturated rings. The van der Waals surface area contributed by atoms with Crippen molar-refractivity contribution < 1.29 is 9.63 Å². The van der Waals surface area contributed by atoms with Gasteiger partial charge in [0, 0.05) is 11.6 Å². The lowest BCUT2D eigenvalue weighted by Crippen LogP contribution is -2.33. The number of amides is 1. The molecule has 0 aliphatic rings. The third-order valence-electron chi connectivity index (χ3n) is 3.10. The number of benzene rings is 2. The average molecular weight is 298 g/mol. The summed E-state index contributed by atoms with van der Waals surface area (Å²) in [6.45, 7) is 4.41. The first-order chi connectivity index (χ1) is 10.7. The first-order valence-electron chi connectivity index (χ1n) is 7.46. The summed E-state index contributed by atoms with van der Waals surface area (Å²) in [7, 11) is 0. The Bertz CT molecular complexity index is 570. The van der Waals surface area contributed by atoms with Crippen molar-refractivity contribution in [2.75, 3.05) is 6.54 Å². The smallest absolute Gasteiger partial charge is 0.251 e. The zero-order valence-electron chi connectivity index (χ0n) is 13.0. The zero-order chi connectivity index (χ0) is 15.8. The van der Waals surface area contributed by atoms with Crippen LogP contribution in [0, 0.1) is 0 Å². The Labute approximate surface area is 131 Å². The monoisotopic (exact) mass is 298 g/mol. The van der Waals surface area contributed by atoms with Crippen molar-refractivity contribution in [1.82, 2.24) is 10.8 Å². The normalized spacial score (nSPS) is 12.1. The molecule has 2 rings (SSSR count). The van der Waals surface area contributed by atoms with E-state index < -0.39 is 0 Å². The molecule has 0 radical (unpaired) electrons. The van der Waals surface area contributed by atoms with E-state index in [-0.39, 0.29) is 18.1 Å². The van der Waals surface area contributed by atoms with Crippen LogP contribution < -0.4 is 10.8 Å². The molecule has 0 heterocycles. The lowest BCUT2D eigenvalue weighted by molar-refractivity contribution is -0.0382. The van der Waals surface area contributed by atoms with Crippen LogP contribution in [0.25, 0.3) is 0 Å². The largest absolute Gasteiger partial charge is 0.349 e. The molecule has 4 nitrogen and oxygen atoms in total. The van der Waals surface area contributed by atoms with Crippen molar-refractivity contribution in [2.45, 2.75) is 26.0 Å². The molecule has 0 spiro atoms. The number of hydrogen-bond donors (Lipinski definition) is 2. The van der Waals surface area contributed by atoms with Crippen molar-refractivity contribution >= 4 is 5.91 Å². The van der Waals surface area contributed by atoms with Gasteiger partial charge in [0.1, 0.15) is 6.10 Å². The summed E-state index contributed by atoms with van der Waals surface area (Å²) in [5.41, 5.74) is 4.62. The molecule has 1 atom stereocenters. The Morgan fingerprint density at radius 2 is 1.59 bits per heavy atom. The molecule has 2 aromatic carbocycles. The van der Waals surface area contributed by atoms with E-state index in [0.717, 1.165) is 5.56 Å². The fourth-order valence-corrected chi connectivity index (χ4v) is 1.99. The van der Waals surface area contributed by atoms with E-state index in [4.69, 9.17) is 4.84 Å². The van der Waals surface area contributed by atoms with Gasteiger partial charge in [-0.2, -0.15) is 5.48 Å². The quantitative estimate of drug-likeness (QED) is 0.772. The molecule has 22 heavy (non-hydrogen) atoms. The summed E-state index contributed by atoms with van der Waals surface area (Å²) in [6.07, 6.45) is -0.240. The molecule has 0 saturated heterocycles. The SMILES string of the molecule is CC(C)NOC(CNC(=O)c1ccccc1)c1ccccc1. The lowest BCUT2D eigenvalue weighted by Gasteiger charge is -2.20. The molecule has 4 heteroatoms. The maximum atomic E-state index is 12.1. The topological polar surface area (TPSA) is 50.4 Å². The Morgan fingerprint density at radius 3 is 2.18 bits per heavy atom. The van der Waals surface area contributed by atoms with Gasteiger partial charge in [-0.1, -0.05) is 48.5 Å². The van der Waals surface area contributed by atoms with E-state index in [9.17, 15) is 4.79 Å². The van der Waals surface area contributed by atoms with Crippen molar-refractivity contribution in [3.05, 3.63) is 71.8 Å². The summed E-state index contributed by atoms with van der Waals surface area (Å²) < 4.78 is 0. The Kier molecular flexibility index (Phi) is 6.13. The molecule has 116 valence electrons. The van der Waals surface area contributed by atoms with Crippen LogP contribution in [-0.4, -0.2) is 18.5 Å². The molecule has 2 N–H and O–H groups in total. The summed E-state index contributed by atoms with van der Waals surface area (Å²) >= 11 is 0. The van der Waals surface area contributed by atoms with Crippen LogP contribution in [0.3, 0.4) is 0 Å². The van der Waals surface area contributed by atoms with Gasteiger partial charge in [-0.25, -0.2) is 0 Å². The van der Waals surface area contributed by atoms with Crippen LogP contribution in [0.15, 0.2) is 60.7 Å². The Hall–Kier alpha value is -2.17. The third-order valence-corrected chi connectivity index (χ3v) is 3.10. The van der Waals surface area contributed by atoms with Gasteiger partial charge in [-0.15, -0.1) is 0 Å². The van der Waals surface area contributed by atoms with Gasteiger partial charge in [0.15, 0.2) is 0 Å². The summed E-state index contributed by atoms with van der Waals surface area (Å²) in [6, 6.07) is 19.2. The highest BCUT2D eigenvalue weighted by Crippen LogP contribution is 2.15. The van der Waals surface area contributed by atoms with Crippen LogP contribution >= 0.6 is 0 Å². The highest BCUT2D eigenvalue weighted by molar-refractivity contribution is 5.94. The first-order valence-corrected chi connectivity index (χ1v) is 7.46. The minimum absolute atomic E-state index is 0.102. The van der Waals surface area contributed by atoms with Crippen LogP contribution in [0.2, 0.25) is 0 Å². The average Bonchev–Trinajstić information content (AvgIpc) is 2.56. The van der Waals surface area contributed by atoms with Crippen LogP contribution in [0.5, 0.6) is 0 Å². The van der Waals surface area contributed by atoms with Crippen molar-refractivity contribution in [3.8, 4) is 0 Å². The highest BCUT2D eigenvalue weighted by Gasteiger charge is 2.15. The van der Waals surface area contributed by atoms with Gasteiger partial charge in [-0.3, -0.25) is 9.63 Å². The fraction of sp³-hybridized carbons (Fsp3) is 0.278. The predicted molar refractivity (Wildman–Crippen MR) is 87.3 cm³/mol. The van der Waals surface area contributed by atoms with Gasteiger partial charge in [0.2, 0.25) is 0 Å². The van der Waals surface area contributed by atoms with Gasteiger partial charge in [-0.05, 0) is 31.5 Å². The van der Waals surface area contributed by atoms with Crippen LogP contribution in [0.4, 0.5) is 0 Å². The number of nitrogens with one attached hydrogen (secondary N) is 2. The molecular weight excluding hydrogens is 276 g/mol. The summed E-state index contributed by atoms with van der Waals surface area (Å²) in [5, 5.41) is 2.92. The maximum Gasteiger partial charge on any atom is 0.251 e. The number of carbonyl (C=O) groups excluding carboxylic acids is 1. The Morgan fingerprint density at radius 1 is 1.00 bits per heavy atom. The van der Waals surface area contributed by atoms with Crippen LogP contribution in [0.1, 0.15) is 35.9 Å². The second-order valence-corrected chi connectivity index (χ2v) is 5.37. The van der Waals surface area contributed by atoms with Crippen molar-refractivity contribution in [2.24, 2.45) is 0 Å². The minimum atomic E-state index is -0.240. The number of carbonyl (C=O) groups is 1. The van der Waals surface area contributed by atoms with E-state index in [1.807, 2.05) is 62.4 Å². The van der Waals surface area contributed by atoms with Gasteiger partial charge >= 0.3 is 0 Å². The van der Waals surface area contributed by atoms with Crippen molar-refractivity contribution in [3.63, 3.8) is 0 Å². The standard InChI is InChI=1S/C18H22N2O2/c1-14(2)20-22-17(15-9-5-3-6-10-15)13-19-18(21)16-11-7-4-8-12-16/h3-12,14,17,20H,13H2,1-2H3,(H,19,21). The van der Waals surface area contributed by atoms with Crippen molar-refractivity contribution in [1.29, 1.82) is 0 Å².